The van der Waals surface area contributed by atoms with Gasteiger partial charge in [-0.3, -0.25) is 0 Å². The van der Waals surface area contributed by atoms with Gasteiger partial charge in [-0.25, -0.2) is 4.79 Å². The van der Waals surface area contributed by atoms with Gasteiger partial charge in [0.2, 0.25) is 0 Å². The predicted octanol–water partition coefficient (Wildman–Crippen LogP) is 4.76. The summed E-state index contributed by atoms with van der Waals surface area (Å²) >= 11 is 0. The molecule has 0 fully saturated rings. The fraction of sp³-hybridized carbons (Fsp3) is 0.500. The summed E-state index contributed by atoms with van der Waals surface area (Å²) < 4.78 is 5.71. The standard InChI is InChI=1S/C22H29NO3/c1-14(2)12-18(15-8-7-9-16(23)13-15)20-21(24)17-10-5-3-4-6-11-19(17)26-22(20)25/h7-9,13-14,18,24H,3-6,10-12,23H2,1-2H3. The molecular formula is C22H29NO3. The molecule has 0 saturated carbocycles. The van der Waals surface area contributed by atoms with Gasteiger partial charge in [0, 0.05) is 23.6 Å². The molecule has 1 unspecified atom stereocenters. The van der Waals surface area contributed by atoms with Gasteiger partial charge in [0.1, 0.15) is 11.5 Å². The second kappa shape index (κ2) is 7.98. The maximum atomic E-state index is 12.8. The van der Waals surface area contributed by atoms with Crippen molar-refractivity contribution in [2.45, 2.75) is 64.7 Å². The van der Waals surface area contributed by atoms with E-state index in [0.717, 1.165) is 56.1 Å². The van der Waals surface area contributed by atoms with Crippen molar-refractivity contribution < 1.29 is 9.52 Å². The van der Waals surface area contributed by atoms with Crippen LogP contribution in [-0.4, -0.2) is 5.11 Å². The maximum Gasteiger partial charge on any atom is 0.343 e. The summed E-state index contributed by atoms with van der Waals surface area (Å²) in [6.45, 7) is 4.23. The molecule has 0 bridgehead atoms. The third-order valence-corrected chi connectivity index (χ3v) is 5.26. The van der Waals surface area contributed by atoms with E-state index in [2.05, 4.69) is 13.8 Å². The third kappa shape index (κ3) is 3.95. The van der Waals surface area contributed by atoms with Crippen molar-refractivity contribution in [3.63, 3.8) is 0 Å². The monoisotopic (exact) mass is 355 g/mol. The van der Waals surface area contributed by atoms with Crippen LogP contribution in [0.4, 0.5) is 5.69 Å². The minimum Gasteiger partial charge on any atom is -0.507 e. The van der Waals surface area contributed by atoms with Gasteiger partial charge in [-0.05, 0) is 49.3 Å². The number of hydrogen-bond donors (Lipinski definition) is 2. The van der Waals surface area contributed by atoms with Gasteiger partial charge in [-0.1, -0.05) is 38.8 Å². The van der Waals surface area contributed by atoms with Crippen LogP contribution in [0.5, 0.6) is 5.75 Å². The Hall–Kier alpha value is -2.23. The Balaban J connectivity index is 2.14. The lowest BCUT2D eigenvalue weighted by Crippen LogP contribution is -2.19. The van der Waals surface area contributed by atoms with Gasteiger partial charge in [-0.2, -0.15) is 0 Å². The Morgan fingerprint density at radius 1 is 1.15 bits per heavy atom. The Morgan fingerprint density at radius 2 is 1.88 bits per heavy atom. The molecule has 140 valence electrons. The molecule has 1 aliphatic carbocycles. The molecule has 0 aliphatic heterocycles. The van der Waals surface area contributed by atoms with Crippen molar-refractivity contribution >= 4 is 5.69 Å². The fourth-order valence-corrected chi connectivity index (χ4v) is 4.00. The van der Waals surface area contributed by atoms with Crippen LogP contribution in [0.3, 0.4) is 0 Å². The fourth-order valence-electron chi connectivity index (χ4n) is 4.00. The van der Waals surface area contributed by atoms with Crippen molar-refractivity contribution in [1.82, 2.24) is 0 Å². The summed E-state index contributed by atoms with van der Waals surface area (Å²) in [5, 5.41) is 11.1. The van der Waals surface area contributed by atoms with Crippen LogP contribution in [0.25, 0.3) is 0 Å². The second-order valence-corrected chi connectivity index (χ2v) is 7.82. The van der Waals surface area contributed by atoms with Crippen molar-refractivity contribution in [3.8, 4) is 5.75 Å². The van der Waals surface area contributed by atoms with E-state index in [1.165, 1.54) is 0 Å². The molecule has 4 heteroatoms. The first-order valence-electron chi connectivity index (χ1n) is 9.70. The average Bonchev–Trinajstić information content (AvgIpc) is 2.55. The van der Waals surface area contributed by atoms with E-state index in [9.17, 15) is 9.90 Å². The second-order valence-electron chi connectivity index (χ2n) is 7.82. The van der Waals surface area contributed by atoms with Gasteiger partial charge in [0.15, 0.2) is 0 Å². The lowest BCUT2D eigenvalue weighted by atomic mass is 9.83. The van der Waals surface area contributed by atoms with E-state index in [1.54, 1.807) is 0 Å². The third-order valence-electron chi connectivity index (χ3n) is 5.26. The Kier molecular flexibility index (Phi) is 5.70. The number of nitrogens with two attached hydrogens (primary N) is 1. The van der Waals surface area contributed by atoms with Crippen LogP contribution in [0.15, 0.2) is 33.5 Å². The summed E-state index contributed by atoms with van der Waals surface area (Å²) in [7, 11) is 0. The zero-order valence-corrected chi connectivity index (χ0v) is 15.8. The predicted molar refractivity (Wildman–Crippen MR) is 105 cm³/mol. The number of nitrogen functional groups attached to an aromatic ring is 1. The van der Waals surface area contributed by atoms with Crippen molar-refractivity contribution in [2.24, 2.45) is 5.92 Å². The first-order valence-corrected chi connectivity index (χ1v) is 9.70. The van der Waals surface area contributed by atoms with Crippen LogP contribution in [0.2, 0.25) is 0 Å². The van der Waals surface area contributed by atoms with Gasteiger partial charge < -0.3 is 15.3 Å². The highest BCUT2D eigenvalue weighted by molar-refractivity contribution is 5.49. The smallest absolute Gasteiger partial charge is 0.343 e. The van der Waals surface area contributed by atoms with Gasteiger partial charge >= 0.3 is 5.63 Å². The number of anilines is 1. The highest BCUT2D eigenvalue weighted by atomic mass is 16.4. The lowest BCUT2D eigenvalue weighted by Gasteiger charge is -2.23. The molecule has 1 aliphatic rings. The Bertz CT molecular complexity index is 823. The maximum absolute atomic E-state index is 12.8. The van der Waals surface area contributed by atoms with E-state index in [-0.39, 0.29) is 11.7 Å². The van der Waals surface area contributed by atoms with E-state index in [0.29, 0.717) is 22.9 Å². The minimum atomic E-state index is -0.408. The van der Waals surface area contributed by atoms with Crippen LogP contribution in [0, 0.1) is 5.92 Å². The molecule has 2 aromatic rings. The normalized spacial score (nSPS) is 16.0. The number of rotatable bonds is 4. The van der Waals surface area contributed by atoms with E-state index < -0.39 is 5.63 Å². The molecule has 3 rings (SSSR count). The topological polar surface area (TPSA) is 76.5 Å². The SMILES string of the molecule is CC(C)CC(c1cccc(N)c1)c1c(O)c2c(oc1=O)CCCCCC2. The van der Waals surface area contributed by atoms with Crippen molar-refractivity contribution in [3.05, 3.63) is 57.1 Å². The van der Waals surface area contributed by atoms with Gasteiger partial charge in [-0.15, -0.1) is 0 Å². The van der Waals surface area contributed by atoms with Crippen LogP contribution < -0.4 is 11.4 Å². The first kappa shape index (κ1) is 18.6. The largest absolute Gasteiger partial charge is 0.507 e. The van der Waals surface area contributed by atoms with E-state index in [1.807, 2.05) is 24.3 Å². The van der Waals surface area contributed by atoms with Crippen LogP contribution in [0.1, 0.15) is 74.3 Å². The molecule has 1 heterocycles. The molecule has 3 N–H and O–H groups in total. The number of aromatic hydroxyl groups is 1. The molecule has 26 heavy (non-hydrogen) atoms. The highest BCUT2D eigenvalue weighted by Gasteiger charge is 2.28. The molecule has 1 aromatic heterocycles. The molecule has 0 spiro atoms. The zero-order valence-electron chi connectivity index (χ0n) is 15.8. The summed E-state index contributed by atoms with van der Waals surface area (Å²) in [6.07, 6.45) is 6.55. The zero-order chi connectivity index (χ0) is 18.7. The minimum absolute atomic E-state index is 0.145. The Labute approximate surface area is 155 Å². The lowest BCUT2D eigenvalue weighted by molar-refractivity contribution is 0.379. The van der Waals surface area contributed by atoms with E-state index in [4.69, 9.17) is 10.2 Å². The van der Waals surface area contributed by atoms with Gasteiger partial charge in [0.25, 0.3) is 0 Å². The number of aryl methyl sites for hydroxylation is 1. The molecule has 1 atom stereocenters. The number of hydrogen-bond acceptors (Lipinski definition) is 4. The molecule has 1 aromatic carbocycles. The van der Waals surface area contributed by atoms with Gasteiger partial charge in [0.05, 0.1) is 5.56 Å². The first-order chi connectivity index (χ1) is 12.5. The quantitative estimate of drug-likeness (QED) is 0.775. The number of fused-ring (bicyclic) bond motifs is 1. The molecule has 0 radical (unpaired) electrons. The van der Waals surface area contributed by atoms with Crippen molar-refractivity contribution in [1.29, 1.82) is 0 Å². The summed E-state index contributed by atoms with van der Waals surface area (Å²) in [4.78, 5) is 12.8. The number of benzene rings is 1. The molecule has 0 amide bonds. The summed E-state index contributed by atoms with van der Waals surface area (Å²) in [5.41, 5.74) is 8.39. The molecular weight excluding hydrogens is 326 g/mol. The average molecular weight is 355 g/mol. The van der Waals surface area contributed by atoms with E-state index >= 15 is 0 Å². The van der Waals surface area contributed by atoms with Crippen LogP contribution in [-0.2, 0) is 12.8 Å². The summed E-state index contributed by atoms with van der Waals surface area (Å²) in [5.74, 6) is 0.964. The highest BCUT2D eigenvalue weighted by Crippen LogP contribution is 2.38. The Morgan fingerprint density at radius 3 is 2.58 bits per heavy atom. The molecule has 4 nitrogen and oxygen atoms in total. The van der Waals surface area contributed by atoms with Crippen LogP contribution >= 0.6 is 0 Å². The summed E-state index contributed by atoms with van der Waals surface area (Å²) in [6, 6.07) is 7.59. The van der Waals surface area contributed by atoms with Crippen molar-refractivity contribution in [2.75, 3.05) is 5.73 Å². The molecule has 0 saturated heterocycles.